The molecule has 3 heterocycles. The normalized spacial score (nSPS) is 26.5. The highest BCUT2D eigenvalue weighted by atomic mass is 32.2. The lowest BCUT2D eigenvalue weighted by Crippen LogP contribution is -2.36. The van der Waals surface area contributed by atoms with Crippen LogP contribution in [0.25, 0.3) is 11.0 Å². The topological polar surface area (TPSA) is 184 Å². The van der Waals surface area contributed by atoms with Gasteiger partial charge in [-0.25, -0.2) is 18.1 Å². The molecule has 0 unspecified atom stereocenters. The van der Waals surface area contributed by atoms with E-state index in [4.69, 9.17) is 14.5 Å². The summed E-state index contributed by atoms with van der Waals surface area (Å²) in [6, 6.07) is 2.34. The largest absolute Gasteiger partial charge is 0.387 e. The number of aliphatic hydroxyl groups excluding tert-OH is 2. The van der Waals surface area contributed by atoms with Gasteiger partial charge in [0.15, 0.2) is 27.2 Å². The minimum Gasteiger partial charge on any atom is -0.387 e. The van der Waals surface area contributed by atoms with Crippen molar-refractivity contribution in [2.75, 3.05) is 16.6 Å². The van der Waals surface area contributed by atoms with Gasteiger partial charge in [0.05, 0.1) is 17.3 Å². The van der Waals surface area contributed by atoms with Crippen molar-refractivity contribution in [3.8, 4) is 0 Å². The minimum absolute atomic E-state index is 0.349. The number of ether oxygens (including phenoxy) is 1. The van der Waals surface area contributed by atoms with Crippen molar-refractivity contribution >= 4 is 34.2 Å². The van der Waals surface area contributed by atoms with E-state index in [1.165, 1.54) is 17.5 Å². The highest BCUT2D eigenvalue weighted by molar-refractivity contribution is 7.97. The van der Waals surface area contributed by atoms with Crippen molar-refractivity contribution in [2.24, 2.45) is 0 Å². The second-order valence-corrected chi connectivity index (χ2v) is 13.3. The van der Waals surface area contributed by atoms with Crippen LogP contribution >= 0.6 is 7.60 Å². The Kier molecular flexibility index (Phi) is 7.35. The molecule has 2 aromatic heterocycles. The van der Waals surface area contributed by atoms with Crippen LogP contribution < -0.4 is 5.32 Å². The number of hydrogen-bond acceptors (Lipinski definition) is 9. The molecule has 5 N–H and O–H groups in total. The predicted octanol–water partition coefficient (Wildman–Crippen LogP) is 0.907. The maximum atomic E-state index is 12.2. The van der Waals surface area contributed by atoms with Gasteiger partial charge < -0.3 is 30.1 Å². The molecule has 12 nitrogen and oxygen atoms in total. The number of nitrogens with one attached hydrogen (secondary N) is 1. The number of sulfone groups is 1. The molecule has 14 heteroatoms. The summed E-state index contributed by atoms with van der Waals surface area (Å²) >= 11 is 0. The van der Waals surface area contributed by atoms with Crippen molar-refractivity contribution in [1.82, 2.24) is 14.8 Å². The van der Waals surface area contributed by atoms with Crippen LogP contribution in [0.4, 0.5) is 5.69 Å². The van der Waals surface area contributed by atoms with E-state index in [2.05, 4.69) is 15.4 Å². The fraction of sp³-hybridized carbons (Fsp3) is 0.700. The molecule has 0 radical (unpaired) electrons. The molecule has 1 saturated heterocycles. The summed E-state index contributed by atoms with van der Waals surface area (Å²) in [5.41, 5.74) is 0.767. The maximum Gasteiger partial charge on any atom is 0.340 e. The first-order chi connectivity index (χ1) is 16.0. The Hall–Kier alpha value is -1.60. The van der Waals surface area contributed by atoms with Crippen molar-refractivity contribution in [2.45, 2.75) is 76.0 Å². The Labute approximate surface area is 197 Å². The molecule has 4 atom stereocenters. The third-order valence-corrected chi connectivity index (χ3v) is 9.96. The average Bonchev–Trinajstić information content (AvgIpc) is 3.43. The number of rotatable bonds is 9. The Morgan fingerprint density at radius 3 is 2.59 bits per heavy atom. The lowest BCUT2D eigenvalue weighted by Gasteiger charge is -2.18. The molecule has 0 amide bonds. The van der Waals surface area contributed by atoms with E-state index in [0.717, 1.165) is 42.5 Å². The van der Waals surface area contributed by atoms with Gasteiger partial charge in [0, 0.05) is 17.4 Å². The summed E-state index contributed by atoms with van der Waals surface area (Å²) in [5, 5.41) is 29.7. The number of anilines is 1. The van der Waals surface area contributed by atoms with E-state index >= 15 is 0 Å². The van der Waals surface area contributed by atoms with Crippen LogP contribution in [0.3, 0.4) is 0 Å². The second-order valence-electron chi connectivity index (χ2n) is 9.11. The van der Waals surface area contributed by atoms with Gasteiger partial charge in [-0.05, 0) is 25.3 Å². The number of hydrogen-bond donors (Lipinski definition) is 5. The third kappa shape index (κ3) is 5.62. The van der Waals surface area contributed by atoms with E-state index < -0.39 is 53.2 Å². The van der Waals surface area contributed by atoms with Crippen LogP contribution in [0.15, 0.2) is 12.3 Å². The van der Waals surface area contributed by atoms with E-state index in [0.29, 0.717) is 11.7 Å². The number of pyridine rings is 1. The SMILES string of the molecule is CCCc1cc(NC2CCCC2)c2cnn([C@@H]3O[C@H](CS(=O)(=O)CP(=O)(O)O)[C@@H](O)[C@H]3O)c2n1. The van der Waals surface area contributed by atoms with Gasteiger partial charge in [0.25, 0.3) is 0 Å². The molecule has 2 aromatic rings. The maximum absolute atomic E-state index is 12.2. The number of aromatic nitrogens is 3. The Bertz CT molecular complexity index is 1180. The zero-order valence-electron chi connectivity index (χ0n) is 18.8. The summed E-state index contributed by atoms with van der Waals surface area (Å²) in [6.07, 6.45) is 1.96. The van der Waals surface area contributed by atoms with Gasteiger partial charge in [-0.15, -0.1) is 0 Å². The Balaban J connectivity index is 1.63. The number of nitrogens with zero attached hydrogens (tertiary/aromatic N) is 3. The molecular weight excluding hydrogens is 487 g/mol. The molecule has 4 rings (SSSR count). The van der Waals surface area contributed by atoms with Crippen LogP contribution in [0.1, 0.15) is 50.9 Å². The van der Waals surface area contributed by atoms with Gasteiger partial charge in [0.1, 0.15) is 18.3 Å². The lowest BCUT2D eigenvalue weighted by atomic mass is 10.1. The quantitative estimate of drug-likeness (QED) is 0.297. The summed E-state index contributed by atoms with van der Waals surface area (Å²) in [4.78, 5) is 22.7. The summed E-state index contributed by atoms with van der Waals surface area (Å²) in [6.45, 7) is 2.04. The highest BCUT2D eigenvalue weighted by Crippen LogP contribution is 2.38. The van der Waals surface area contributed by atoms with Crippen LogP contribution in [-0.2, 0) is 25.6 Å². The van der Waals surface area contributed by atoms with Crippen molar-refractivity contribution in [3.05, 3.63) is 18.0 Å². The summed E-state index contributed by atoms with van der Waals surface area (Å²) < 4.78 is 42.5. The van der Waals surface area contributed by atoms with Crippen LogP contribution in [0.5, 0.6) is 0 Å². The van der Waals surface area contributed by atoms with Gasteiger partial charge in [-0.2, -0.15) is 5.10 Å². The number of aliphatic hydroxyl groups is 2. The van der Waals surface area contributed by atoms with E-state index in [9.17, 15) is 23.2 Å². The van der Waals surface area contributed by atoms with Gasteiger partial charge in [-0.1, -0.05) is 26.2 Å². The fourth-order valence-electron chi connectivity index (χ4n) is 4.68. The third-order valence-electron chi connectivity index (χ3n) is 6.20. The van der Waals surface area contributed by atoms with Crippen molar-refractivity contribution in [3.63, 3.8) is 0 Å². The molecule has 0 bridgehead atoms. The monoisotopic (exact) mass is 518 g/mol. The first kappa shape index (κ1) is 25.5. The molecule has 1 saturated carbocycles. The van der Waals surface area contributed by atoms with Crippen molar-refractivity contribution in [1.29, 1.82) is 0 Å². The molecule has 190 valence electrons. The molecule has 2 fully saturated rings. The predicted molar refractivity (Wildman–Crippen MR) is 124 cm³/mol. The Morgan fingerprint density at radius 1 is 1.24 bits per heavy atom. The fourth-order valence-corrected chi connectivity index (χ4v) is 7.93. The van der Waals surface area contributed by atoms with Gasteiger partial charge in [0.2, 0.25) is 0 Å². The highest BCUT2D eigenvalue weighted by Gasteiger charge is 2.47. The second kappa shape index (κ2) is 9.81. The zero-order valence-corrected chi connectivity index (χ0v) is 20.5. The van der Waals surface area contributed by atoms with Crippen molar-refractivity contribution < 1.29 is 37.7 Å². The van der Waals surface area contributed by atoms with Crippen LogP contribution in [0, 0.1) is 0 Å². The Morgan fingerprint density at radius 2 is 1.94 bits per heavy atom. The molecular formula is C20H31N4O8PS. The van der Waals surface area contributed by atoms with E-state index in [1.54, 1.807) is 6.20 Å². The summed E-state index contributed by atoms with van der Waals surface area (Å²) in [5.74, 6) is -0.852. The van der Waals surface area contributed by atoms with E-state index in [1.807, 2.05) is 13.0 Å². The minimum atomic E-state index is -4.83. The van der Waals surface area contributed by atoms with Crippen LogP contribution in [0.2, 0.25) is 0 Å². The molecule has 2 aliphatic rings. The lowest BCUT2D eigenvalue weighted by molar-refractivity contribution is -0.0364. The zero-order chi connectivity index (χ0) is 24.7. The molecule has 0 spiro atoms. The molecule has 1 aliphatic carbocycles. The van der Waals surface area contributed by atoms with Gasteiger partial charge >= 0.3 is 7.60 Å². The first-order valence-corrected chi connectivity index (χ1v) is 15.0. The standard InChI is InChI=1S/C20H31N4O8PS/c1-2-5-13-8-15(22-12-6-3-4-7-12)14-9-21-24(19(14)23-13)20-18(26)17(25)16(32-20)10-34(30,31)11-33(27,28)29/h8-9,12,16-18,20,25-26H,2-7,10-11H2,1H3,(H,22,23)(H2,27,28,29)/t16-,17-,18-,20-/m1/s1. The molecule has 0 aromatic carbocycles. The first-order valence-electron chi connectivity index (χ1n) is 11.4. The van der Waals surface area contributed by atoms with Gasteiger partial charge in [-0.3, -0.25) is 4.57 Å². The molecule has 1 aliphatic heterocycles. The number of fused-ring (bicyclic) bond motifs is 1. The average molecular weight is 519 g/mol. The molecule has 34 heavy (non-hydrogen) atoms. The smallest absolute Gasteiger partial charge is 0.340 e. The number of aryl methyl sites for hydroxylation is 1. The van der Waals surface area contributed by atoms with E-state index in [-0.39, 0.29) is 0 Å². The van der Waals surface area contributed by atoms with Crippen LogP contribution in [-0.4, -0.2) is 78.8 Å². The summed E-state index contributed by atoms with van der Waals surface area (Å²) in [7, 11) is -9.09.